The SMILES string of the molecule is O=C(c1ccc(-c2ccc3c(c2)CCN([C@@H]2CCN(C4CCC4)C2)C3=O)cc1Cl)N1CCCC1. The van der Waals surface area contributed by atoms with E-state index in [2.05, 4.69) is 15.9 Å². The van der Waals surface area contributed by atoms with Crippen molar-refractivity contribution in [2.75, 3.05) is 32.7 Å². The zero-order valence-corrected chi connectivity index (χ0v) is 20.4. The van der Waals surface area contributed by atoms with Crippen molar-refractivity contribution in [3.05, 3.63) is 58.1 Å². The predicted molar refractivity (Wildman–Crippen MR) is 134 cm³/mol. The van der Waals surface area contributed by atoms with Crippen LogP contribution in [0.2, 0.25) is 5.02 Å². The number of likely N-dealkylation sites (tertiary alicyclic amines) is 2. The Morgan fingerprint density at radius 2 is 1.62 bits per heavy atom. The summed E-state index contributed by atoms with van der Waals surface area (Å²) >= 11 is 6.55. The van der Waals surface area contributed by atoms with E-state index in [4.69, 9.17) is 11.6 Å². The highest BCUT2D eigenvalue weighted by Crippen LogP contribution is 2.33. The molecule has 1 saturated carbocycles. The first-order valence-corrected chi connectivity index (χ1v) is 13.2. The summed E-state index contributed by atoms with van der Waals surface area (Å²) in [4.78, 5) is 32.7. The van der Waals surface area contributed by atoms with Gasteiger partial charge in [0.05, 0.1) is 10.6 Å². The molecule has 6 heteroatoms. The highest BCUT2D eigenvalue weighted by Gasteiger charge is 2.37. The van der Waals surface area contributed by atoms with E-state index in [1.54, 1.807) is 0 Å². The number of amides is 2. The van der Waals surface area contributed by atoms with Crippen LogP contribution in [0.25, 0.3) is 11.1 Å². The van der Waals surface area contributed by atoms with Gasteiger partial charge in [0.25, 0.3) is 11.8 Å². The fourth-order valence-electron chi connectivity index (χ4n) is 6.10. The van der Waals surface area contributed by atoms with E-state index in [1.807, 2.05) is 35.2 Å². The van der Waals surface area contributed by atoms with E-state index in [-0.39, 0.29) is 11.8 Å². The summed E-state index contributed by atoms with van der Waals surface area (Å²) in [6.07, 6.45) is 8.10. The zero-order chi connectivity index (χ0) is 23.2. The maximum absolute atomic E-state index is 13.4. The molecule has 0 spiro atoms. The standard InChI is InChI=1S/C28H32ClN3O2/c29-26-17-20(7-9-25(26)27(33)30-12-1-2-13-30)19-6-8-24-21(16-19)10-15-32(28(24)34)23-11-14-31(18-23)22-4-3-5-22/h6-9,16-17,22-23H,1-5,10-15,18H2/t23-/m1/s1. The third kappa shape index (κ3) is 3.93. The van der Waals surface area contributed by atoms with Gasteiger partial charge in [0.15, 0.2) is 0 Å². The average Bonchev–Trinajstić information content (AvgIpc) is 3.50. The van der Waals surface area contributed by atoms with E-state index >= 15 is 0 Å². The lowest BCUT2D eigenvalue weighted by molar-refractivity contribution is 0.0646. The van der Waals surface area contributed by atoms with E-state index < -0.39 is 0 Å². The number of carbonyl (C=O) groups excluding carboxylic acids is 2. The lowest BCUT2D eigenvalue weighted by Gasteiger charge is -2.37. The van der Waals surface area contributed by atoms with Crippen LogP contribution in [0.3, 0.4) is 0 Å². The molecule has 2 aromatic carbocycles. The van der Waals surface area contributed by atoms with Gasteiger partial charge in [0, 0.05) is 50.4 Å². The molecule has 1 aliphatic carbocycles. The summed E-state index contributed by atoms with van der Waals surface area (Å²) in [5.41, 5.74) is 4.54. The molecule has 4 aliphatic rings. The Bertz CT molecular complexity index is 1120. The molecule has 178 valence electrons. The number of carbonyl (C=O) groups is 2. The fraction of sp³-hybridized carbons (Fsp3) is 0.500. The van der Waals surface area contributed by atoms with Gasteiger partial charge in [-0.2, -0.15) is 0 Å². The first-order chi connectivity index (χ1) is 16.6. The Kier molecular flexibility index (Phi) is 5.86. The Balaban J connectivity index is 1.18. The highest BCUT2D eigenvalue weighted by molar-refractivity contribution is 6.34. The molecule has 2 amide bonds. The Morgan fingerprint density at radius 3 is 2.35 bits per heavy atom. The van der Waals surface area contributed by atoms with Gasteiger partial charge in [-0.3, -0.25) is 14.5 Å². The second-order valence-corrected chi connectivity index (χ2v) is 10.7. The Hall–Kier alpha value is -2.37. The largest absolute Gasteiger partial charge is 0.339 e. The lowest BCUT2D eigenvalue weighted by Crippen LogP contribution is -2.47. The molecule has 2 saturated heterocycles. The summed E-state index contributed by atoms with van der Waals surface area (Å²) in [5.74, 6) is 0.200. The number of hydrogen-bond acceptors (Lipinski definition) is 3. The molecule has 0 unspecified atom stereocenters. The van der Waals surface area contributed by atoms with Gasteiger partial charge in [-0.15, -0.1) is 0 Å². The van der Waals surface area contributed by atoms with Crippen molar-refractivity contribution < 1.29 is 9.59 Å². The molecule has 0 N–H and O–H groups in total. The third-order valence-corrected chi connectivity index (χ3v) is 8.68. The van der Waals surface area contributed by atoms with Gasteiger partial charge in [-0.1, -0.05) is 36.2 Å². The summed E-state index contributed by atoms with van der Waals surface area (Å²) in [5, 5.41) is 0.492. The minimum Gasteiger partial charge on any atom is -0.339 e. The quantitative estimate of drug-likeness (QED) is 0.631. The van der Waals surface area contributed by atoms with Crippen LogP contribution in [0, 0.1) is 0 Å². The van der Waals surface area contributed by atoms with Crippen LogP contribution in [-0.2, 0) is 6.42 Å². The Labute approximate surface area is 206 Å². The second-order valence-electron chi connectivity index (χ2n) is 10.3. The normalized spacial score (nSPS) is 23.3. The van der Waals surface area contributed by atoms with Gasteiger partial charge >= 0.3 is 0 Å². The topological polar surface area (TPSA) is 43.9 Å². The Morgan fingerprint density at radius 1 is 0.853 bits per heavy atom. The maximum Gasteiger partial charge on any atom is 0.255 e. The third-order valence-electron chi connectivity index (χ3n) is 8.37. The molecule has 0 bridgehead atoms. The van der Waals surface area contributed by atoms with Crippen molar-refractivity contribution in [1.29, 1.82) is 0 Å². The van der Waals surface area contributed by atoms with Crippen LogP contribution in [0.15, 0.2) is 36.4 Å². The highest BCUT2D eigenvalue weighted by atomic mass is 35.5. The maximum atomic E-state index is 13.4. The smallest absolute Gasteiger partial charge is 0.255 e. The molecule has 34 heavy (non-hydrogen) atoms. The molecule has 0 aromatic heterocycles. The summed E-state index contributed by atoms with van der Waals surface area (Å²) in [7, 11) is 0. The van der Waals surface area contributed by atoms with Crippen molar-refractivity contribution in [2.45, 2.75) is 57.0 Å². The second kappa shape index (κ2) is 9.01. The molecule has 5 nitrogen and oxygen atoms in total. The van der Waals surface area contributed by atoms with Gasteiger partial charge < -0.3 is 9.80 Å². The predicted octanol–water partition coefficient (Wildman–Crippen LogP) is 4.87. The molecular formula is C28H32ClN3O2. The number of nitrogens with zero attached hydrogens (tertiary/aromatic N) is 3. The van der Waals surface area contributed by atoms with Gasteiger partial charge in [-0.05, 0) is 73.4 Å². The van der Waals surface area contributed by atoms with Crippen LogP contribution >= 0.6 is 11.6 Å². The molecule has 3 heterocycles. The first kappa shape index (κ1) is 22.1. The molecule has 6 rings (SSSR count). The summed E-state index contributed by atoms with van der Waals surface area (Å²) in [6, 6.07) is 12.9. The van der Waals surface area contributed by atoms with E-state index in [0.29, 0.717) is 16.6 Å². The molecular weight excluding hydrogens is 446 g/mol. The number of hydrogen-bond donors (Lipinski definition) is 0. The van der Waals surface area contributed by atoms with Crippen molar-refractivity contribution in [2.24, 2.45) is 0 Å². The fourth-order valence-corrected chi connectivity index (χ4v) is 6.36. The summed E-state index contributed by atoms with van der Waals surface area (Å²) < 4.78 is 0. The molecule has 2 aromatic rings. The zero-order valence-electron chi connectivity index (χ0n) is 19.6. The molecule has 1 atom stereocenters. The van der Waals surface area contributed by atoms with E-state index in [0.717, 1.165) is 86.7 Å². The van der Waals surface area contributed by atoms with Crippen molar-refractivity contribution in [3.8, 4) is 11.1 Å². The number of halogens is 1. The van der Waals surface area contributed by atoms with Crippen molar-refractivity contribution >= 4 is 23.4 Å². The minimum atomic E-state index is 0.0213. The van der Waals surface area contributed by atoms with Gasteiger partial charge in [-0.25, -0.2) is 0 Å². The minimum absolute atomic E-state index is 0.0213. The van der Waals surface area contributed by atoms with Crippen LogP contribution in [0.1, 0.15) is 64.8 Å². The van der Waals surface area contributed by atoms with Crippen LogP contribution in [0.4, 0.5) is 0 Å². The van der Waals surface area contributed by atoms with Crippen molar-refractivity contribution in [3.63, 3.8) is 0 Å². The van der Waals surface area contributed by atoms with Crippen LogP contribution in [0.5, 0.6) is 0 Å². The number of fused-ring (bicyclic) bond motifs is 1. The summed E-state index contributed by atoms with van der Waals surface area (Å²) in [6.45, 7) is 4.58. The molecule has 3 fully saturated rings. The monoisotopic (exact) mass is 477 g/mol. The van der Waals surface area contributed by atoms with E-state index in [1.165, 1.54) is 19.3 Å². The molecule has 3 aliphatic heterocycles. The van der Waals surface area contributed by atoms with Gasteiger partial charge in [0.2, 0.25) is 0 Å². The van der Waals surface area contributed by atoms with Crippen LogP contribution < -0.4 is 0 Å². The average molecular weight is 478 g/mol. The van der Waals surface area contributed by atoms with Crippen LogP contribution in [-0.4, -0.2) is 71.3 Å². The molecule has 0 radical (unpaired) electrons. The van der Waals surface area contributed by atoms with E-state index in [9.17, 15) is 9.59 Å². The van der Waals surface area contributed by atoms with Crippen molar-refractivity contribution in [1.82, 2.24) is 14.7 Å². The number of rotatable bonds is 4. The first-order valence-electron chi connectivity index (χ1n) is 12.9. The number of benzene rings is 2. The lowest BCUT2D eigenvalue weighted by atomic mass is 9.92. The van der Waals surface area contributed by atoms with Gasteiger partial charge in [0.1, 0.15) is 0 Å².